The summed E-state index contributed by atoms with van der Waals surface area (Å²) < 4.78 is 10.6. The maximum atomic E-state index is 11.2. The zero-order valence-electron chi connectivity index (χ0n) is 11.4. The van der Waals surface area contributed by atoms with Gasteiger partial charge in [-0.15, -0.1) is 0 Å². The van der Waals surface area contributed by atoms with Gasteiger partial charge in [0.2, 0.25) is 0 Å². The maximum Gasteiger partial charge on any atom is 0.339 e. The summed E-state index contributed by atoms with van der Waals surface area (Å²) in [6, 6.07) is 13.5. The molecule has 106 valence electrons. The van der Waals surface area contributed by atoms with Crippen molar-refractivity contribution in [1.29, 1.82) is 5.26 Å². The van der Waals surface area contributed by atoms with Crippen LogP contribution in [-0.2, 0) is 6.61 Å². The summed E-state index contributed by atoms with van der Waals surface area (Å²) in [6.07, 6.45) is 0. The molecule has 0 aliphatic heterocycles. The van der Waals surface area contributed by atoms with Gasteiger partial charge in [0, 0.05) is 6.07 Å². The lowest BCUT2D eigenvalue weighted by Crippen LogP contribution is -2.04. The van der Waals surface area contributed by atoms with Gasteiger partial charge in [0.25, 0.3) is 0 Å². The van der Waals surface area contributed by atoms with E-state index >= 15 is 0 Å². The number of ether oxygens (including phenoxy) is 2. The molecular weight excluding hydrogens is 270 g/mol. The number of aromatic carboxylic acids is 1. The molecule has 0 spiro atoms. The van der Waals surface area contributed by atoms with Crippen molar-refractivity contribution in [2.24, 2.45) is 0 Å². The first-order valence-electron chi connectivity index (χ1n) is 6.17. The van der Waals surface area contributed by atoms with Crippen LogP contribution in [0.25, 0.3) is 0 Å². The Kier molecular flexibility index (Phi) is 4.42. The second-order valence-corrected chi connectivity index (χ2v) is 4.26. The average Bonchev–Trinajstić information content (AvgIpc) is 2.52. The Bertz CT molecular complexity index is 686. The molecule has 0 radical (unpaired) electrons. The number of nitrogens with zero attached hydrogens (tertiary/aromatic N) is 1. The molecule has 0 aliphatic rings. The summed E-state index contributed by atoms with van der Waals surface area (Å²) in [6.45, 7) is 0.207. The number of hydrogen-bond acceptors (Lipinski definition) is 4. The predicted octanol–water partition coefficient (Wildman–Crippen LogP) is 2.84. The zero-order valence-corrected chi connectivity index (χ0v) is 11.4. The van der Waals surface area contributed by atoms with Gasteiger partial charge in [-0.25, -0.2) is 4.79 Å². The van der Waals surface area contributed by atoms with Crippen molar-refractivity contribution >= 4 is 5.97 Å². The van der Waals surface area contributed by atoms with Gasteiger partial charge in [0.1, 0.15) is 23.7 Å². The van der Waals surface area contributed by atoms with Crippen LogP contribution in [0.4, 0.5) is 0 Å². The van der Waals surface area contributed by atoms with Gasteiger partial charge in [-0.05, 0) is 29.8 Å². The van der Waals surface area contributed by atoms with Crippen molar-refractivity contribution in [1.82, 2.24) is 0 Å². The standard InChI is InChI=1S/C16H13NO4/c1-20-13-6-7-14(16(18)19)15(8-13)21-10-12-4-2-11(9-17)3-5-12/h2-8H,10H2,1H3,(H,18,19). The Morgan fingerprint density at radius 2 is 1.95 bits per heavy atom. The molecule has 2 aromatic carbocycles. The Labute approximate surface area is 122 Å². The minimum Gasteiger partial charge on any atom is -0.497 e. The summed E-state index contributed by atoms with van der Waals surface area (Å²) in [5, 5.41) is 17.9. The van der Waals surface area contributed by atoms with Crippen LogP contribution < -0.4 is 9.47 Å². The van der Waals surface area contributed by atoms with E-state index in [2.05, 4.69) is 0 Å². The Morgan fingerprint density at radius 3 is 2.52 bits per heavy atom. The van der Waals surface area contributed by atoms with Crippen LogP contribution in [-0.4, -0.2) is 18.2 Å². The SMILES string of the molecule is COc1ccc(C(=O)O)c(OCc2ccc(C#N)cc2)c1. The summed E-state index contributed by atoms with van der Waals surface area (Å²) in [4.78, 5) is 11.2. The first-order chi connectivity index (χ1) is 10.1. The Hall–Kier alpha value is -3.00. The van der Waals surface area contributed by atoms with Crippen molar-refractivity contribution in [3.63, 3.8) is 0 Å². The van der Waals surface area contributed by atoms with Crippen molar-refractivity contribution < 1.29 is 19.4 Å². The fraction of sp³-hybridized carbons (Fsp3) is 0.125. The third-order valence-electron chi connectivity index (χ3n) is 2.90. The molecule has 0 aliphatic carbocycles. The van der Waals surface area contributed by atoms with Gasteiger partial charge >= 0.3 is 5.97 Å². The summed E-state index contributed by atoms with van der Waals surface area (Å²) in [5.74, 6) is -0.298. The van der Waals surface area contributed by atoms with Crippen molar-refractivity contribution in [2.45, 2.75) is 6.61 Å². The van der Waals surface area contributed by atoms with Crippen molar-refractivity contribution in [3.8, 4) is 17.6 Å². The molecule has 21 heavy (non-hydrogen) atoms. The average molecular weight is 283 g/mol. The van der Waals surface area contributed by atoms with E-state index < -0.39 is 5.97 Å². The highest BCUT2D eigenvalue weighted by atomic mass is 16.5. The van der Waals surface area contributed by atoms with Crippen LogP contribution in [0.3, 0.4) is 0 Å². The number of carboxylic acids is 1. The van der Waals surface area contributed by atoms with E-state index in [0.717, 1.165) is 5.56 Å². The molecule has 5 heteroatoms. The summed E-state index contributed by atoms with van der Waals surface area (Å²) in [5.41, 5.74) is 1.48. The molecule has 0 saturated heterocycles. The van der Waals surface area contributed by atoms with Crippen molar-refractivity contribution in [3.05, 3.63) is 59.2 Å². The van der Waals surface area contributed by atoms with Gasteiger partial charge in [-0.1, -0.05) is 12.1 Å². The van der Waals surface area contributed by atoms with E-state index in [0.29, 0.717) is 11.3 Å². The lowest BCUT2D eigenvalue weighted by molar-refractivity contribution is 0.0691. The molecule has 0 amide bonds. The van der Waals surface area contributed by atoms with E-state index in [-0.39, 0.29) is 17.9 Å². The van der Waals surface area contributed by atoms with Crippen LogP contribution in [0.2, 0.25) is 0 Å². The fourth-order valence-corrected chi connectivity index (χ4v) is 1.76. The molecule has 2 aromatic rings. The predicted molar refractivity (Wildman–Crippen MR) is 75.4 cm³/mol. The molecule has 0 unspecified atom stereocenters. The maximum absolute atomic E-state index is 11.2. The number of nitriles is 1. The topological polar surface area (TPSA) is 79.6 Å². The number of carbonyl (C=O) groups is 1. The van der Waals surface area contributed by atoms with E-state index in [9.17, 15) is 4.79 Å². The summed E-state index contributed by atoms with van der Waals surface area (Å²) >= 11 is 0. The van der Waals surface area contributed by atoms with E-state index in [4.69, 9.17) is 19.8 Å². The number of methoxy groups -OCH3 is 1. The number of rotatable bonds is 5. The van der Waals surface area contributed by atoms with Gasteiger partial charge in [-0.2, -0.15) is 5.26 Å². The quantitative estimate of drug-likeness (QED) is 0.912. The highest BCUT2D eigenvalue weighted by Gasteiger charge is 2.12. The van der Waals surface area contributed by atoms with Gasteiger partial charge < -0.3 is 14.6 Å². The molecule has 0 saturated carbocycles. The third kappa shape index (κ3) is 3.51. The third-order valence-corrected chi connectivity index (χ3v) is 2.90. The Morgan fingerprint density at radius 1 is 1.24 bits per heavy atom. The van der Waals surface area contributed by atoms with Crippen LogP contribution >= 0.6 is 0 Å². The lowest BCUT2D eigenvalue weighted by atomic mass is 10.1. The van der Waals surface area contributed by atoms with Crippen LogP contribution in [0.5, 0.6) is 11.5 Å². The van der Waals surface area contributed by atoms with Crippen LogP contribution in [0.15, 0.2) is 42.5 Å². The second kappa shape index (κ2) is 6.44. The van der Waals surface area contributed by atoms with E-state index in [1.54, 1.807) is 30.3 Å². The van der Waals surface area contributed by atoms with Gasteiger partial charge in [0.15, 0.2) is 0 Å². The first kappa shape index (κ1) is 14.4. The number of benzene rings is 2. The normalized spacial score (nSPS) is 9.71. The molecule has 2 rings (SSSR count). The van der Waals surface area contributed by atoms with Crippen LogP contribution in [0, 0.1) is 11.3 Å². The summed E-state index contributed by atoms with van der Waals surface area (Å²) in [7, 11) is 1.50. The lowest BCUT2D eigenvalue weighted by Gasteiger charge is -2.11. The zero-order chi connectivity index (χ0) is 15.2. The highest BCUT2D eigenvalue weighted by molar-refractivity contribution is 5.91. The fourth-order valence-electron chi connectivity index (χ4n) is 1.76. The van der Waals surface area contributed by atoms with Crippen molar-refractivity contribution in [2.75, 3.05) is 7.11 Å². The molecule has 1 N–H and O–H groups in total. The van der Waals surface area contributed by atoms with E-state index in [1.165, 1.54) is 19.2 Å². The smallest absolute Gasteiger partial charge is 0.339 e. The largest absolute Gasteiger partial charge is 0.497 e. The minimum atomic E-state index is -1.06. The number of hydrogen-bond donors (Lipinski definition) is 1. The number of carboxylic acid groups (broad SMARTS) is 1. The minimum absolute atomic E-state index is 0.0736. The molecule has 0 atom stereocenters. The van der Waals surface area contributed by atoms with Gasteiger partial charge in [-0.3, -0.25) is 0 Å². The molecule has 0 aromatic heterocycles. The molecular formula is C16H13NO4. The monoisotopic (exact) mass is 283 g/mol. The second-order valence-electron chi connectivity index (χ2n) is 4.26. The van der Waals surface area contributed by atoms with E-state index in [1.807, 2.05) is 6.07 Å². The molecule has 0 heterocycles. The highest BCUT2D eigenvalue weighted by Crippen LogP contribution is 2.25. The van der Waals surface area contributed by atoms with Crippen LogP contribution in [0.1, 0.15) is 21.5 Å². The molecule has 5 nitrogen and oxygen atoms in total. The molecule has 0 bridgehead atoms. The Balaban J connectivity index is 2.17. The molecule has 0 fully saturated rings. The first-order valence-corrected chi connectivity index (χ1v) is 6.17. The van der Waals surface area contributed by atoms with Gasteiger partial charge in [0.05, 0.1) is 18.7 Å².